The van der Waals surface area contributed by atoms with Crippen molar-refractivity contribution in [1.29, 1.82) is 0 Å². The van der Waals surface area contributed by atoms with E-state index in [1.165, 1.54) is 30.3 Å². The fraction of sp³-hybridized carbons (Fsp3) is 0.0417. The van der Waals surface area contributed by atoms with Gasteiger partial charge in [-0.1, -0.05) is 18.2 Å². The van der Waals surface area contributed by atoms with Gasteiger partial charge in [0.05, 0.1) is 33.3 Å². The second-order valence-corrected chi connectivity index (χ2v) is 7.28. The lowest BCUT2D eigenvalue weighted by atomic mass is 10.1. The molecule has 0 unspecified atom stereocenters. The number of amides is 2. The first kappa shape index (κ1) is 19.4. The number of carboxylic acids is 1. The molecular formula is C24H14N2O6. The van der Waals surface area contributed by atoms with Gasteiger partial charge in [-0.05, 0) is 55.0 Å². The number of carbonyl (C=O) groups excluding carboxylic acids is 2. The monoisotopic (exact) mass is 426 g/mol. The summed E-state index contributed by atoms with van der Waals surface area (Å²) < 4.78 is 5.33. The molecule has 2 heterocycles. The molecule has 32 heavy (non-hydrogen) atoms. The predicted octanol–water partition coefficient (Wildman–Crippen LogP) is 3.66. The standard InChI is InChI=1S/C24H14N2O6/c1-12-14(23(29)30)6-4-8-19(12)26-21(27)15-10-9-13(11-17(15)22(26)28)20-25-18-7-3-2-5-16(18)24(31)32-20/h2-11H,1H3,(H,29,30). The van der Waals surface area contributed by atoms with Crippen LogP contribution in [0.15, 0.2) is 69.9 Å². The topological polar surface area (TPSA) is 118 Å². The van der Waals surface area contributed by atoms with E-state index in [0.29, 0.717) is 22.0 Å². The Morgan fingerprint density at radius 1 is 0.938 bits per heavy atom. The van der Waals surface area contributed by atoms with Gasteiger partial charge in [0.2, 0.25) is 5.89 Å². The number of carboxylic acid groups (broad SMARTS) is 1. The molecule has 0 radical (unpaired) electrons. The average Bonchev–Trinajstić information content (AvgIpc) is 3.03. The van der Waals surface area contributed by atoms with Crippen molar-refractivity contribution < 1.29 is 23.9 Å². The smallest absolute Gasteiger partial charge is 0.347 e. The number of imide groups is 1. The van der Waals surface area contributed by atoms with Crippen molar-refractivity contribution in [3.63, 3.8) is 0 Å². The Balaban J connectivity index is 1.61. The van der Waals surface area contributed by atoms with E-state index in [2.05, 4.69) is 4.98 Å². The number of aromatic nitrogens is 1. The van der Waals surface area contributed by atoms with E-state index >= 15 is 0 Å². The van der Waals surface area contributed by atoms with E-state index in [1.54, 1.807) is 37.3 Å². The number of nitrogens with zero attached hydrogens (tertiary/aromatic N) is 2. The van der Waals surface area contributed by atoms with E-state index in [1.807, 2.05) is 0 Å². The molecule has 3 aromatic carbocycles. The maximum Gasteiger partial charge on any atom is 0.347 e. The maximum atomic E-state index is 13.1. The van der Waals surface area contributed by atoms with Gasteiger partial charge in [0.25, 0.3) is 11.8 Å². The van der Waals surface area contributed by atoms with Crippen LogP contribution in [0.5, 0.6) is 0 Å². The lowest BCUT2D eigenvalue weighted by molar-refractivity contribution is 0.0695. The number of rotatable bonds is 3. The van der Waals surface area contributed by atoms with E-state index in [9.17, 15) is 24.3 Å². The molecule has 8 nitrogen and oxygen atoms in total. The summed E-state index contributed by atoms with van der Waals surface area (Å²) in [5, 5.41) is 9.70. The van der Waals surface area contributed by atoms with Crippen LogP contribution in [0.4, 0.5) is 5.69 Å². The van der Waals surface area contributed by atoms with Crippen molar-refractivity contribution in [2.45, 2.75) is 6.92 Å². The highest BCUT2D eigenvalue weighted by Crippen LogP contribution is 2.34. The minimum absolute atomic E-state index is 0.00174. The van der Waals surface area contributed by atoms with Crippen LogP contribution in [0.25, 0.3) is 22.4 Å². The molecule has 0 bridgehead atoms. The number of carbonyl (C=O) groups is 3. The zero-order chi connectivity index (χ0) is 22.6. The van der Waals surface area contributed by atoms with Gasteiger partial charge in [-0.2, -0.15) is 0 Å². The zero-order valence-electron chi connectivity index (χ0n) is 16.7. The summed E-state index contributed by atoms with van der Waals surface area (Å²) in [6, 6.07) is 15.6. The summed E-state index contributed by atoms with van der Waals surface area (Å²) in [6.07, 6.45) is 0. The molecule has 8 heteroatoms. The summed E-state index contributed by atoms with van der Waals surface area (Å²) in [5.41, 5.74) is 1.05. The molecule has 0 fully saturated rings. The maximum absolute atomic E-state index is 13.1. The highest BCUT2D eigenvalue weighted by atomic mass is 16.4. The van der Waals surface area contributed by atoms with Gasteiger partial charge in [-0.3, -0.25) is 9.59 Å². The molecule has 0 spiro atoms. The zero-order valence-corrected chi connectivity index (χ0v) is 16.7. The summed E-state index contributed by atoms with van der Waals surface area (Å²) >= 11 is 0. The first-order valence-electron chi connectivity index (χ1n) is 9.63. The number of hydrogen-bond acceptors (Lipinski definition) is 6. The minimum Gasteiger partial charge on any atom is -0.478 e. The summed E-state index contributed by atoms with van der Waals surface area (Å²) in [7, 11) is 0. The van der Waals surface area contributed by atoms with Gasteiger partial charge < -0.3 is 9.52 Å². The van der Waals surface area contributed by atoms with Gasteiger partial charge in [-0.15, -0.1) is 0 Å². The van der Waals surface area contributed by atoms with Crippen molar-refractivity contribution in [2.75, 3.05) is 4.90 Å². The number of anilines is 1. The SMILES string of the molecule is Cc1c(C(=O)O)cccc1N1C(=O)c2ccc(-c3nc4ccccc4c(=O)o3)cc2C1=O. The highest BCUT2D eigenvalue weighted by molar-refractivity contribution is 6.35. The number of fused-ring (bicyclic) bond motifs is 2. The first-order chi connectivity index (χ1) is 15.4. The van der Waals surface area contributed by atoms with E-state index in [4.69, 9.17) is 4.42 Å². The van der Waals surface area contributed by atoms with E-state index in [0.717, 1.165) is 4.90 Å². The van der Waals surface area contributed by atoms with Crippen molar-refractivity contribution in [3.8, 4) is 11.5 Å². The summed E-state index contributed by atoms with van der Waals surface area (Å²) in [5.74, 6) is -2.28. The van der Waals surface area contributed by atoms with Gasteiger partial charge in [-0.25, -0.2) is 19.5 Å². The van der Waals surface area contributed by atoms with Crippen LogP contribution in [-0.4, -0.2) is 27.9 Å². The van der Waals surface area contributed by atoms with Crippen LogP contribution >= 0.6 is 0 Å². The van der Waals surface area contributed by atoms with Crippen LogP contribution in [0.1, 0.15) is 36.6 Å². The normalized spacial score (nSPS) is 13.0. The summed E-state index contributed by atoms with van der Waals surface area (Å²) in [4.78, 5) is 55.2. The Kier molecular flexibility index (Phi) is 4.23. The van der Waals surface area contributed by atoms with Crippen molar-refractivity contribution >= 4 is 34.4 Å². The molecule has 2 amide bonds. The largest absolute Gasteiger partial charge is 0.478 e. The average molecular weight is 426 g/mol. The van der Waals surface area contributed by atoms with Crippen molar-refractivity contribution in [1.82, 2.24) is 4.98 Å². The Morgan fingerprint density at radius 2 is 1.69 bits per heavy atom. The van der Waals surface area contributed by atoms with Crippen LogP contribution in [0.2, 0.25) is 0 Å². The molecule has 1 aromatic heterocycles. The van der Waals surface area contributed by atoms with Gasteiger partial charge in [0, 0.05) is 5.56 Å². The molecule has 1 aliphatic rings. The predicted molar refractivity (Wildman–Crippen MR) is 115 cm³/mol. The van der Waals surface area contributed by atoms with E-state index < -0.39 is 23.4 Å². The fourth-order valence-electron chi connectivity index (χ4n) is 3.83. The number of benzene rings is 3. The van der Waals surface area contributed by atoms with E-state index in [-0.39, 0.29) is 28.3 Å². The highest BCUT2D eigenvalue weighted by Gasteiger charge is 2.38. The second-order valence-electron chi connectivity index (χ2n) is 7.28. The van der Waals surface area contributed by atoms with Gasteiger partial charge in [0.1, 0.15) is 0 Å². The van der Waals surface area contributed by atoms with Gasteiger partial charge in [0.15, 0.2) is 0 Å². The number of hydrogen-bond donors (Lipinski definition) is 1. The molecule has 4 aromatic rings. The third kappa shape index (κ3) is 2.81. The molecular weight excluding hydrogens is 412 g/mol. The molecule has 1 N–H and O–H groups in total. The Morgan fingerprint density at radius 3 is 2.47 bits per heavy atom. The molecule has 0 saturated carbocycles. The second kappa shape index (κ2) is 6.98. The third-order valence-corrected chi connectivity index (χ3v) is 5.45. The quantitative estimate of drug-likeness (QED) is 0.497. The minimum atomic E-state index is -1.15. The molecule has 156 valence electrons. The van der Waals surface area contributed by atoms with Crippen molar-refractivity contribution in [3.05, 3.63) is 93.3 Å². The number of aromatic carboxylic acids is 1. The Labute approximate surface area is 180 Å². The molecule has 0 aliphatic carbocycles. The third-order valence-electron chi connectivity index (χ3n) is 5.45. The van der Waals surface area contributed by atoms with Crippen LogP contribution in [0.3, 0.4) is 0 Å². The van der Waals surface area contributed by atoms with Crippen LogP contribution in [-0.2, 0) is 0 Å². The lowest BCUT2D eigenvalue weighted by Gasteiger charge is -2.17. The van der Waals surface area contributed by atoms with Gasteiger partial charge >= 0.3 is 11.6 Å². The first-order valence-corrected chi connectivity index (χ1v) is 9.63. The molecule has 0 saturated heterocycles. The van der Waals surface area contributed by atoms with Crippen LogP contribution in [0, 0.1) is 6.92 Å². The Bertz CT molecular complexity index is 1540. The number of para-hydroxylation sites is 1. The summed E-state index contributed by atoms with van der Waals surface area (Å²) in [6.45, 7) is 1.54. The molecule has 5 rings (SSSR count). The fourth-order valence-corrected chi connectivity index (χ4v) is 3.83. The molecule has 1 aliphatic heterocycles. The Hall–Kier alpha value is -4.59. The van der Waals surface area contributed by atoms with Crippen LogP contribution < -0.4 is 10.5 Å². The lowest BCUT2D eigenvalue weighted by Crippen LogP contribution is -2.30. The van der Waals surface area contributed by atoms with Crippen molar-refractivity contribution in [2.24, 2.45) is 0 Å². The molecule has 0 atom stereocenters.